The summed E-state index contributed by atoms with van der Waals surface area (Å²) in [6.45, 7) is 6.61. The summed E-state index contributed by atoms with van der Waals surface area (Å²) in [5.74, 6) is -0.127. The van der Waals surface area contributed by atoms with E-state index in [1.54, 1.807) is 18.2 Å². The van der Waals surface area contributed by atoms with Gasteiger partial charge in [-0.2, -0.15) is 0 Å². The first-order valence-corrected chi connectivity index (χ1v) is 7.02. The van der Waals surface area contributed by atoms with E-state index in [0.717, 1.165) is 6.42 Å². The summed E-state index contributed by atoms with van der Waals surface area (Å²) in [4.78, 5) is 12.1. The molecule has 1 aromatic rings. The van der Waals surface area contributed by atoms with Gasteiger partial charge < -0.3 is 21.5 Å². The normalized spacial score (nSPS) is 13.6. The quantitative estimate of drug-likeness (QED) is 0.575. The van der Waals surface area contributed by atoms with Gasteiger partial charge in [-0.25, -0.2) is 0 Å². The molecule has 0 saturated carbocycles. The smallest absolute Gasteiger partial charge is 0.253 e. The van der Waals surface area contributed by atoms with E-state index in [9.17, 15) is 9.90 Å². The van der Waals surface area contributed by atoms with E-state index in [4.69, 9.17) is 5.73 Å². The van der Waals surface area contributed by atoms with E-state index >= 15 is 0 Å². The lowest BCUT2D eigenvalue weighted by molar-refractivity contribution is 0.0956. The molecule has 0 saturated heterocycles. The fourth-order valence-electron chi connectivity index (χ4n) is 2.02. The van der Waals surface area contributed by atoms with Gasteiger partial charge in [-0.15, -0.1) is 0 Å². The molecule has 0 aromatic heterocycles. The van der Waals surface area contributed by atoms with Gasteiger partial charge in [0.2, 0.25) is 0 Å². The SMILES string of the molecule is CCNC(=O)c1ccc(N)cc1NC(C)(CC)CCO. The van der Waals surface area contributed by atoms with Crippen LogP contribution in [-0.4, -0.2) is 29.7 Å². The fraction of sp³-hybridized carbons (Fsp3) is 0.533. The number of anilines is 2. The van der Waals surface area contributed by atoms with Crippen LogP contribution in [0.3, 0.4) is 0 Å². The van der Waals surface area contributed by atoms with Gasteiger partial charge in [0.25, 0.3) is 5.91 Å². The van der Waals surface area contributed by atoms with Gasteiger partial charge in [0.05, 0.1) is 5.56 Å². The van der Waals surface area contributed by atoms with Gasteiger partial charge in [-0.1, -0.05) is 6.92 Å². The molecule has 1 amide bonds. The Kier molecular flexibility index (Phi) is 5.82. The molecular formula is C15H25N3O2. The molecule has 5 heteroatoms. The number of hydrogen-bond donors (Lipinski definition) is 4. The summed E-state index contributed by atoms with van der Waals surface area (Å²) in [7, 11) is 0. The fourth-order valence-corrected chi connectivity index (χ4v) is 2.02. The van der Waals surface area contributed by atoms with Crippen molar-refractivity contribution in [2.24, 2.45) is 0 Å². The van der Waals surface area contributed by atoms with Gasteiger partial charge in [0.1, 0.15) is 0 Å². The molecule has 5 N–H and O–H groups in total. The number of nitrogens with one attached hydrogen (secondary N) is 2. The average Bonchev–Trinajstić information content (AvgIpc) is 2.39. The molecule has 0 aliphatic rings. The Morgan fingerprint density at radius 3 is 2.65 bits per heavy atom. The molecule has 0 aliphatic heterocycles. The zero-order valence-electron chi connectivity index (χ0n) is 12.5. The highest BCUT2D eigenvalue weighted by molar-refractivity contribution is 6.00. The van der Waals surface area contributed by atoms with Crippen LogP contribution in [-0.2, 0) is 0 Å². The number of nitrogen functional groups attached to an aromatic ring is 1. The summed E-state index contributed by atoms with van der Waals surface area (Å²) < 4.78 is 0. The average molecular weight is 279 g/mol. The molecule has 5 nitrogen and oxygen atoms in total. The maximum Gasteiger partial charge on any atom is 0.253 e. The van der Waals surface area contributed by atoms with Crippen molar-refractivity contribution in [3.8, 4) is 0 Å². The largest absolute Gasteiger partial charge is 0.399 e. The van der Waals surface area contributed by atoms with Crippen molar-refractivity contribution in [3.05, 3.63) is 23.8 Å². The van der Waals surface area contributed by atoms with Crippen LogP contribution in [0.15, 0.2) is 18.2 Å². The first kappa shape index (κ1) is 16.3. The minimum absolute atomic E-state index is 0.0934. The van der Waals surface area contributed by atoms with E-state index in [-0.39, 0.29) is 18.1 Å². The van der Waals surface area contributed by atoms with Gasteiger partial charge in [-0.3, -0.25) is 4.79 Å². The number of aliphatic hydroxyl groups is 1. The summed E-state index contributed by atoms with van der Waals surface area (Å²) in [5, 5.41) is 15.3. The minimum Gasteiger partial charge on any atom is -0.399 e. The van der Waals surface area contributed by atoms with Crippen LogP contribution in [0.25, 0.3) is 0 Å². The summed E-state index contributed by atoms with van der Waals surface area (Å²) in [6, 6.07) is 5.19. The van der Waals surface area contributed by atoms with Crippen LogP contribution in [0.1, 0.15) is 44.0 Å². The van der Waals surface area contributed by atoms with Crippen molar-refractivity contribution in [1.29, 1.82) is 0 Å². The van der Waals surface area contributed by atoms with Crippen molar-refractivity contribution < 1.29 is 9.90 Å². The van der Waals surface area contributed by atoms with Crippen LogP contribution in [0.5, 0.6) is 0 Å². The Balaban J connectivity index is 3.08. The Bertz CT molecular complexity index is 462. The topological polar surface area (TPSA) is 87.4 Å². The molecule has 0 spiro atoms. The predicted molar refractivity (Wildman–Crippen MR) is 82.9 cm³/mol. The number of aliphatic hydroxyl groups excluding tert-OH is 1. The Morgan fingerprint density at radius 1 is 1.40 bits per heavy atom. The van der Waals surface area contributed by atoms with Crippen LogP contribution < -0.4 is 16.4 Å². The van der Waals surface area contributed by atoms with Crippen LogP contribution in [0.4, 0.5) is 11.4 Å². The van der Waals surface area contributed by atoms with E-state index in [2.05, 4.69) is 10.6 Å². The van der Waals surface area contributed by atoms with E-state index in [1.807, 2.05) is 20.8 Å². The monoisotopic (exact) mass is 279 g/mol. The zero-order chi connectivity index (χ0) is 15.2. The number of nitrogens with two attached hydrogens (primary N) is 1. The second-order valence-electron chi connectivity index (χ2n) is 5.18. The molecule has 20 heavy (non-hydrogen) atoms. The summed E-state index contributed by atoms with van der Waals surface area (Å²) >= 11 is 0. The van der Waals surface area contributed by atoms with E-state index < -0.39 is 0 Å². The van der Waals surface area contributed by atoms with Crippen molar-refractivity contribution in [3.63, 3.8) is 0 Å². The zero-order valence-corrected chi connectivity index (χ0v) is 12.5. The van der Waals surface area contributed by atoms with Crippen LogP contribution in [0.2, 0.25) is 0 Å². The minimum atomic E-state index is -0.274. The third kappa shape index (κ3) is 4.13. The van der Waals surface area contributed by atoms with Gasteiger partial charge >= 0.3 is 0 Å². The molecule has 0 fully saturated rings. The lowest BCUT2D eigenvalue weighted by Gasteiger charge is -2.31. The second kappa shape index (κ2) is 7.14. The van der Waals surface area contributed by atoms with E-state index in [1.165, 1.54) is 0 Å². The molecule has 0 heterocycles. The van der Waals surface area contributed by atoms with Gasteiger partial charge in [0.15, 0.2) is 0 Å². The molecule has 1 atom stereocenters. The molecule has 112 valence electrons. The molecular weight excluding hydrogens is 254 g/mol. The number of carbonyl (C=O) groups is 1. The Hall–Kier alpha value is -1.75. The van der Waals surface area contributed by atoms with Crippen molar-refractivity contribution in [1.82, 2.24) is 5.32 Å². The van der Waals surface area contributed by atoms with Crippen LogP contribution in [0, 0.1) is 0 Å². The standard InChI is InChI=1S/C15H25N3O2/c1-4-15(3,8-9-19)18-13-10-11(16)6-7-12(13)14(20)17-5-2/h6-7,10,18-19H,4-5,8-9,16H2,1-3H3,(H,17,20). The van der Waals surface area contributed by atoms with E-state index in [0.29, 0.717) is 29.9 Å². The maximum absolute atomic E-state index is 12.1. The number of hydrogen-bond acceptors (Lipinski definition) is 4. The number of rotatable bonds is 7. The number of carbonyl (C=O) groups excluding carboxylic acids is 1. The Morgan fingerprint density at radius 2 is 2.10 bits per heavy atom. The number of benzene rings is 1. The molecule has 1 rings (SSSR count). The molecule has 0 bridgehead atoms. The molecule has 1 unspecified atom stereocenters. The highest BCUT2D eigenvalue weighted by Crippen LogP contribution is 2.26. The Labute approximate surface area is 120 Å². The van der Waals surface area contributed by atoms with Crippen molar-refractivity contribution >= 4 is 17.3 Å². The molecule has 0 aliphatic carbocycles. The highest BCUT2D eigenvalue weighted by Gasteiger charge is 2.23. The van der Waals surface area contributed by atoms with Crippen molar-refractivity contribution in [2.75, 3.05) is 24.2 Å². The van der Waals surface area contributed by atoms with Crippen LogP contribution >= 0.6 is 0 Å². The molecule has 0 radical (unpaired) electrons. The molecule has 1 aromatic carbocycles. The summed E-state index contributed by atoms with van der Waals surface area (Å²) in [6.07, 6.45) is 1.43. The van der Waals surface area contributed by atoms with Gasteiger partial charge in [-0.05, 0) is 44.9 Å². The lowest BCUT2D eigenvalue weighted by Crippen LogP contribution is -2.36. The predicted octanol–water partition coefficient (Wildman–Crippen LogP) is 1.98. The first-order valence-electron chi connectivity index (χ1n) is 7.02. The summed E-state index contributed by atoms with van der Waals surface area (Å²) in [5.41, 5.74) is 7.41. The number of amides is 1. The maximum atomic E-state index is 12.1. The van der Waals surface area contributed by atoms with Crippen molar-refractivity contribution in [2.45, 2.75) is 39.2 Å². The first-order chi connectivity index (χ1) is 9.45. The third-order valence-electron chi connectivity index (χ3n) is 3.51. The third-order valence-corrected chi connectivity index (χ3v) is 3.51. The lowest BCUT2D eigenvalue weighted by atomic mass is 9.93. The second-order valence-corrected chi connectivity index (χ2v) is 5.18. The highest BCUT2D eigenvalue weighted by atomic mass is 16.3. The van der Waals surface area contributed by atoms with Gasteiger partial charge in [0, 0.05) is 30.1 Å².